The van der Waals surface area contributed by atoms with Gasteiger partial charge in [0.15, 0.2) is 0 Å². The van der Waals surface area contributed by atoms with Crippen LogP contribution in [0, 0.1) is 0 Å². The summed E-state index contributed by atoms with van der Waals surface area (Å²) in [6.45, 7) is 10.6. The predicted molar refractivity (Wildman–Crippen MR) is 126 cm³/mol. The van der Waals surface area contributed by atoms with Crippen LogP contribution in [0.4, 0.5) is 0 Å². The van der Waals surface area contributed by atoms with Crippen molar-refractivity contribution in [2.75, 3.05) is 6.61 Å². The summed E-state index contributed by atoms with van der Waals surface area (Å²) in [4.78, 5) is 0. The van der Waals surface area contributed by atoms with Crippen molar-refractivity contribution in [3.05, 3.63) is 46.6 Å². The van der Waals surface area contributed by atoms with Crippen LogP contribution in [0.25, 0.3) is 0 Å². The first-order valence-corrected chi connectivity index (χ1v) is 16.5. The molecule has 0 N–H and O–H groups in total. The second kappa shape index (κ2) is 8.60. The van der Waals surface area contributed by atoms with Crippen molar-refractivity contribution in [2.24, 2.45) is 0 Å². The van der Waals surface area contributed by atoms with E-state index in [9.17, 15) is 0 Å². The standard InChI is InChI=1S/2C9H11.C6H13OSi.C2H5.Ti/c2*1-2-5-9-7-3-6-8(9)4-1;1-4-7-6(8)5(2)3;1-2;/h2*3,6-7H,1-2,4-5H2;4,8H2,1-3H3;1H2,2H3;. The maximum absolute atomic E-state index is 6.30. The van der Waals surface area contributed by atoms with Gasteiger partial charge in [0.2, 0.25) is 0 Å². The van der Waals surface area contributed by atoms with E-state index in [1.165, 1.54) is 61.4 Å². The Labute approximate surface area is 185 Å². The van der Waals surface area contributed by atoms with Gasteiger partial charge in [-0.25, -0.2) is 0 Å². The van der Waals surface area contributed by atoms with E-state index in [1.54, 1.807) is 11.1 Å². The molecule has 2 unspecified atom stereocenters. The second-order valence-corrected chi connectivity index (χ2v) is 19.0. The van der Waals surface area contributed by atoms with Crippen molar-refractivity contribution < 1.29 is 21.3 Å². The van der Waals surface area contributed by atoms with Crippen LogP contribution in [-0.2, 0) is 21.3 Å². The van der Waals surface area contributed by atoms with E-state index < -0.39 is 16.6 Å². The van der Waals surface area contributed by atoms with Crippen molar-refractivity contribution >= 4 is 15.2 Å². The van der Waals surface area contributed by atoms with Crippen LogP contribution in [-0.4, -0.2) is 21.8 Å². The van der Waals surface area contributed by atoms with E-state index in [0.29, 0.717) is 0 Å². The van der Waals surface area contributed by atoms with Crippen molar-refractivity contribution in [3.8, 4) is 0 Å². The van der Waals surface area contributed by atoms with Crippen LogP contribution < -0.4 is 0 Å². The summed E-state index contributed by atoms with van der Waals surface area (Å²) in [5, 5.41) is 1.33. The summed E-state index contributed by atoms with van der Waals surface area (Å²) in [7, 11) is 2.05. The van der Waals surface area contributed by atoms with E-state index in [0.717, 1.165) is 15.1 Å². The first-order chi connectivity index (χ1) is 14.0. The molecule has 0 radical (unpaired) electrons. The van der Waals surface area contributed by atoms with Crippen molar-refractivity contribution in [1.29, 1.82) is 0 Å². The molecule has 0 aromatic carbocycles. The zero-order chi connectivity index (χ0) is 20.6. The number of hydrogen-bond donors (Lipinski definition) is 0. The summed E-state index contributed by atoms with van der Waals surface area (Å²) >= 11 is -2.61. The molecule has 4 rings (SSSR count). The Balaban J connectivity index is 1.86. The molecule has 0 saturated carbocycles. The summed E-state index contributed by atoms with van der Waals surface area (Å²) in [5.41, 5.74) is 7.10. The fourth-order valence-electron chi connectivity index (χ4n) is 7.08. The van der Waals surface area contributed by atoms with Gasteiger partial charge >= 0.3 is 186 Å². The Bertz CT molecular complexity index is 750. The van der Waals surface area contributed by atoms with Gasteiger partial charge in [0.25, 0.3) is 0 Å². The Hall–Kier alpha value is -0.439. The number of allylic oxidation sites excluding steroid dienone is 8. The van der Waals surface area contributed by atoms with Crippen LogP contribution in [0.1, 0.15) is 79.1 Å². The molecule has 0 spiro atoms. The van der Waals surface area contributed by atoms with Crippen LogP contribution in [0.2, 0.25) is 16.9 Å². The molecule has 0 saturated heterocycles. The van der Waals surface area contributed by atoms with Gasteiger partial charge in [-0.2, -0.15) is 0 Å². The van der Waals surface area contributed by atoms with E-state index in [2.05, 4.69) is 52.0 Å². The third kappa shape index (κ3) is 3.42. The average molecular weight is 445 g/mol. The summed E-state index contributed by atoms with van der Waals surface area (Å²) in [6.07, 6.45) is 21.3. The van der Waals surface area contributed by atoms with Crippen molar-refractivity contribution in [2.45, 2.75) is 96.0 Å². The molecule has 158 valence electrons. The van der Waals surface area contributed by atoms with Crippen LogP contribution in [0.5, 0.6) is 0 Å². The quantitative estimate of drug-likeness (QED) is 0.383. The molecule has 0 bridgehead atoms. The molecule has 0 fully saturated rings. The van der Waals surface area contributed by atoms with Gasteiger partial charge in [-0.3, -0.25) is 0 Å². The third-order valence-electron chi connectivity index (χ3n) is 8.71. The van der Waals surface area contributed by atoms with Crippen molar-refractivity contribution in [1.82, 2.24) is 0 Å². The van der Waals surface area contributed by atoms with Crippen LogP contribution in [0.15, 0.2) is 46.6 Å². The van der Waals surface area contributed by atoms with E-state index >= 15 is 0 Å². The van der Waals surface area contributed by atoms with E-state index in [1.807, 2.05) is 21.0 Å². The van der Waals surface area contributed by atoms with Crippen LogP contribution in [0.3, 0.4) is 0 Å². The average Bonchev–Trinajstić information content (AvgIpc) is 3.35. The van der Waals surface area contributed by atoms with Gasteiger partial charge in [-0.05, 0) is 0 Å². The SMILES string of the molecule is CCOC(=[SiH2])[C](C)(C)[Ti]([CH2]C)([CH]1C=CC2=C1CCCC2)[CH]1C=CC2=C1CCCC2. The molecule has 0 aromatic heterocycles. The van der Waals surface area contributed by atoms with Gasteiger partial charge in [0.1, 0.15) is 0 Å². The Morgan fingerprint density at radius 2 is 1.41 bits per heavy atom. The Morgan fingerprint density at radius 3 is 1.86 bits per heavy atom. The van der Waals surface area contributed by atoms with E-state index in [4.69, 9.17) is 4.74 Å². The van der Waals surface area contributed by atoms with Crippen LogP contribution >= 0.6 is 0 Å². The Kier molecular flexibility index (Phi) is 6.46. The molecule has 0 aliphatic heterocycles. The molecule has 4 aliphatic rings. The Morgan fingerprint density at radius 1 is 0.931 bits per heavy atom. The number of ether oxygens (including phenoxy) is 1. The molecule has 2 atom stereocenters. The van der Waals surface area contributed by atoms with Gasteiger partial charge in [-0.1, -0.05) is 0 Å². The summed E-state index contributed by atoms with van der Waals surface area (Å²) in [5.74, 6) is 0. The molecule has 0 amide bonds. The summed E-state index contributed by atoms with van der Waals surface area (Å²) in [6, 6.07) is 0. The molecule has 4 aliphatic carbocycles. The van der Waals surface area contributed by atoms with Gasteiger partial charge in [0.05, 0.1) is 0 Å². The minimum absolute atomic E-state index is 0.201. The first-order valence-electron chi connectivity index (χ1n) is 12.1. The molecule has 29 heavy (non-hydrogen) atoms. The topological polar surface area (TPSA) is 9.23 Å². The number of rotatable bonds is 7. The number of hydrogen-bond acceptors (Lipinski definition) is 1. The molecular formula is C26H40OSiTi. The van der Waals surface area contributed by atoms with Crippen molar-refractivity contribution in [3.63, 3.8) is 0 Å². The zero-order valence-corrected chi connectivity index (χ0v) is 22.1. The maximum atomic E-state index is 6.30. The third-order valence-corrected chi connectivity index (χ3v) is 21.4. The molecule has 3 heteroatoms. The zero-order valence-electron chi connectivity index (χ0n) is 19.2. The minimum atomic E-state index is -2.61. The van der Waals surface area contributed by atoms with Gasteiger partial charge in [0, 0.05) is 0 Å². The molecule has 0 aromatic rings. The first kappa shape index (κ1) is 21.8. The molecular weight excluding hydrogens is 404 g/mol. The molecule has 0 heterocycles. The predicted octanol–water partition coefficient (Wildman–Crippen LogP) is 7.03. The fraction of sp³-hybridized carbons (Fsp3) is 0.654. The summed E-state index contributed by atoms with van der Waals surface area (Å²) < 4.78 is 9.34. The monoisotopic (exact) mass is 444 g/mol. The van der Waals surface area contributed by atoms with Gasteiger partial charge < -0.3 is 0 Å². The molecule has 1 nitrogen and oxygen atoms in total. The normalized spacial score (nSPS) is 28.4. The van der Waals surface area contributed by atoms with E-state index in [-0.39, 0.29) is 3.72 Å². The fourth-order valence-corrected chi connectivity index (χ4v) is 19.7. The second-order valence-electron chi connectivity index (χ2n) is 10.1. The van der Waals surface area contributed by atoms with Gasteiger partial charge in [-0.15, -0.1) is 0 Å².